The molecule has 1 amide bonds. The summed E-state index contributed by atoms with van der Waals surface area (Å²) in [5.41, 5.74) is 5.66. The number of carbonyl (C=O) groups is 1. The quantitative estimate of drug-likeness (QED) is 0.907. The second kappa shape index (κ2) is 5.13. The minimum absolute atomic E-state index is 0.109. The molecule has 2 N–H and O–H groups in total. The number of anilines is 1. The summed E-state index contributed by atoms with van der Waals surface area (Å²) in [6.07, 6.45) is 2.22. The van der Waals surface area contributed by atoms with Crippen molar-refractivity contribution in [3.63, 3.8) is 0 Å². The lowest BCUT2D eigenvalue weighted by Crippen LogP contribution is -2.28. The van der Waals surface area contributed by atoms with Crippen molar-refractivity contribution in [3.8, 4) is 0 Å². The second-order valence-corrected chi connectivity index (χ2v) is 5.17. The molecule has 0 aliphatic carbocycles. The summed E-state index contributed by atoms with van der Waals surface area (Å²) in [5.74, 6) is 2.85. The zero-order valence-corrected chi connectivity index (χ0v) is 11.5. The van der Waals surface area contributed by atoms with Gasteiger partial charge in [0.1, 0.15) is 23.9 Å². The van der Waals surface area contributed by atoms with Crippen LogP contribution in [0.4, 0.5) is 5.82 Å². The highest BCUT2D eigenvalue weighted by Crippen LogP contribution is 2.25. The fourth-order valence-electron chi connectivity index (χ4n) is 2.56. The number of furan rings is 1. The molecule has 0 radical (unpaired) electrons. The Hall–Kier alpha value is -2.08. The molecule has 0 bridgehead atoms. The van der Waals surface area contributed by atoms with E-state index in [-0.39, 0.29) is 11.8 Å². The van der Waals surface area contributed by atoms with Gasteiger partial charge in [-0.25, -0.2) is 4.68 Å². The van der Waals surface area contributed by atoms with E-state index in [1.165, 1.54) is 0 Å². The van der Waals surface area contributed by atoms with Crippen LogP contribution in [0.25, 0.3) is 0 Å². The monoisotopic (exact) mass is 274 g/mol. The molecule has 1 saturated heterocycles. The predicted octanol–water partition coefficient (Wildman–Crippen LogP) is 1.14. The van der Waals surface area contributed by atoms with Gasteiger partial charge in [-0.05, 0) is 31.5 Å². The van der Waals surface area contributed by atoms with Crippen molar-refractivity contribution in [2.75, 3.05) is 18.0 Å². The minimum Gasteiger partial charge on any atom is -0.464 e. The van der Waals surface area contributed by atoms with E-state index in [2.05, 4.69) is 5.10 Å². The Labute approximate surface area is 117 Å². The van der Waals surface area contributed by atoms with Crippen LogP contribution < -0.4 is 10.6 Å². The molecule has 2 aromatic heterocycles. The number of nitrogens with zero attached hydrogens (tertiary/aromatic N) is 3. The number of hydrogen-bond acceptors (Lipinski definition) is 4. The van der Waals surface area contributed by atoms with Crippen molar-refractivity contribution in [1.82, 2.24) is 9.78 Å². The summed E-state index contributed by atoms with van der Waals surface area (Å²) >= 11 is 0. The Morgan fingerprint density at radius 1 is 1.45 bits per heavy atom. The van der Waals surface area contributed by atoms with Gasteiger partial charge >= 0.3 is 0 Å². The zero-order chi connectivity index (χ0) is 14.1. The van der Waals surface area contributed by atoms with Gasteiger partial charge in [0, 0.05) is 19.0 Å². The van der Waals surface area contributed by atoms with Gasteiger partial charge < -0.3 is 10.2 Å². The molecule has 0 spiro atoms. The summed E-state index contributed by atoms with van der Waals surface area (Å²) in [6.45, 7) is 3.63. The number of nitrogens with two attached hydrogens (primary N) is 1. The number of carbonyl (C=O) groups excluding carboxylic acids is 1. The van der Waals surface area contributed by atoms with Crippen molar-refractivity contribution in [2.24, 2.45) is 11.7 Å². The van der Waals surface area contributed by atoms with Crippen LogP contribution in [0.5, 0.6) is 0 Å². The largest absolute Gasteiger partial charge is 0.464 e. The lowest BCUT2D eigenvalue weighted by atomic mass is 10.1. The maximum absolute atomic E-state index is 12.1. The normalized spacial score (nSPS) is 19.0. The van der Waals surface area contributed by atoms with Crippen LogP contribution in [0.1, 0.15) is 17.9 Å². The van der Waals surface area contributed by atoms with Gasteiger partial charge in [0.05, 0.1) is 6.20 Å². The molecule has 106 valence electrons. The second-order valence-electron chi connectivity index (χ2n) is 5.17. The van der Waals surface area contributed by atoms with Crippen molar-refractivity contribution < 1.29 is 9.21 Å². The third kappa shape index (κ3) is 2.34. The third-order valence-corrected chi connectivity index (χ3v) is 3.61. The van der Waals surface area contributed by atoms with E-state index in [0.29, 0.717) is 26.1 Å². The van der Waals surface area contributed by atoms with Gasteiger partial charge in [-0.1, -0.05) is 0 Å². The topological polar surface area (TPSA) is 77.3 Å². The molecule has 1 aliphatic rings. The van der Waals surface area contributed by atoms with Gasteiger partial charge in [0.25, 0.3) is 0 Å². The summed E-state index contributed by atoms with van der Waals surface area (Å²) in [4.78, 5) is 13.8. The first-order valence-electron chi connectivity index (χ1n) is 6.75. The standard InChI is InChI=1S/C14H18N4O2/c1-10-2-3-12(20-10)9-18-13(4-5-16-18)17-8-11(7-15)6-14(17)19/h2-5,11H,6-9,15H2,1H3. The molecule has 3 rings (SSSR count). The fourth-order valence-corrected chi connectivity index (χ4v) is 2.56. The zero-order valence-electron chi connectivity index (χ0n) is 11.5. The van der Waals surface area contributed by atoms with E-state index < -0.39 is 0 Å². The highest BCUT2D eigenvalue weighted by molar-refractivity contribution is 5.94. The van der Waals surface area contributed by atoms with E-state index in [9.17, 15) is 4.79 Å². The van der Waals surface area contributed by atoms with Crippen molar-refractivity contribution in [2.45, 2.75) is 19.9 Å². The van der Waals surface area contributed by atoms with Gasteiger partial charge in [0.15, 0.2) is 0 Å². The van der Waals surface area contributed by atoms with E-state index in [0.717, 1.165) is 17.3 Å². The first kappa shape index (κ1) is 12.9. The molecular formula is C14H18N4O2. The smallest absolute Gasteiger partial charge is 0.228 e. The number of aryl methyl sites for hydroxylation is 1. The Bertz CT molecular complexity index is 616. The Kier molecular flexibility index (Phi) is 3.31. The molecule has 0 saturated carbocycles. The molecular weight excluding hydrogens is 256 g/mol. The van der Waals surface area contributed by atoms with Crippen molar-refractivity contribution in [1.29, 1.82) is 0 Å². The molecule has 6 nitrogen and oxygen atoms in total. The highest BCUT2D eigenvalue weighted by atomic mass is 16.3. The molecule has 1 aliphatic heterocycles. The van der Waals surface area contributed by atoms with Gasteiger partial charge in [0.2, 0.25) is 5.91 Å². The Morgan fingerprint density at radius 3 is 2.95 bits per heavy atom. The van der Waals surface area contributed by atoms with Crippen LogP contribution in [-0.4, -0.2) is 28.8 Å². The van der Waals surface area contributed by atoms with Crippen LogP contribution >= 0.6 is 0 Å². The average molecular weight is 274 g/mol. The van der Waals surface area contributed by atoms with Crippen LogP contribution in [-0.2, 0) is 11.3 Å². The first-order valence-corrected chi connectivity index (χ1v) is 6.75. The first-order chi connectivity index (χ1) is 9.67. The molecule has 2 aromatic rings. The van der Waals surface area contributed by atoms with E-state index in [1.54, 1.807) is 15.8 Å². The number of aromatic nitrogens is 2. The average Bonchev–Trinajstić information content (AvgIpc) is 3.11. The summed E-state index contributed by atoms with van der Waals surface area (Å²) < 4.78 is 7.35. The SMILES string of the molecule is Cc1ccc(Cn2nccc2N2CC(CN)CC2=O)o1. The number of rotatable bonds is 4. The van der Waals surface area contributed by atoms with Crippen molar-refractivity contribution in [3.05, 3.63) is 35.9 Å². The molecule has 6 heteroatoms. The Balaban J connectivity index is 1.81. The maximum Gasteiger partial charge on any atom is 0.228 e. The van der Waals surface area contributed by atoms with Gasteiger partial charge in [-0.2, -0.15) is 5.10 Å². The molecule has 3 heterocycles. The van der Waals surface area contributed by atoms with Crippen molar-refractivity contribution >= 4 is 11.7 Å². The molecule has 0 aromatic carbocycles. The number of amides is 1. The lowest BCUT2D eigenvalue weighted by Gasteiger charge is -2.17. The minimum atomic E-state index is 0.109. The summed E-state index contributed by atoms with van der Waals surface area (Å²) in [7, 11) is 0. The van der Waals surface area contributed by atoms with Gasteiger partial charge in [-0.3, -0.25) is 9.69 Å². The fraction of sp³-hybridized carbons (Fsp3) is 0.429. The van der Waals surface area contributed by atoms with Crippen LogP contribution in [0.3, 0.4) is 0 Å². The van der Waals surface area contributed by atoms with Crippen LogP contribution in [0.2, 0.25) is 0 Å². The van der Waals surface area contributed by atoms with E-state index in [4.69, 9.17) is 10.2 Å². The summed E-state index contributed by atoms with van der Waals surface area (Å²) in [6, 6.07) is 5.70. The van der Waals surface area contributed by atoms with Crippen LogP contribution in [0, 0.1) is 12.8 Å². The molecule has 20 heavy (non-hydrogen) atoms. The number of hydrogen-bond donors (Lipinski definition) is 1. The van der Waals surface area contributed by atoms with E-state index >= 15 is 0 Å². The maximum atomic E-state index is 12.1. The third-order valence-electron chi connectivity index (χ3n) is 3.61. The lowest BCUT2D eigenvalue weighted by molar-refractivity contribution is -0.117. The molecule has 1 unspecified atom stereocenters. The van der Waals surface area contributed by atoms with E-state index in [1.807, 2.05) is 25.1 Å². The summed E-state index contributed by atoms with van der Waals surface area (Å²) in [5, 5.41) is 4.28. The van der Waals surface area contributed by atoms with Crippen LogP contribution in [0.15, 0.2) is 28.8 Å². The molecule has 1 atom stereocenters. The highest BCUT2D eigenvalue weighted by Gasteiger charge is 2.31. The van der Waals surface area contributed by atoms with Gasteiger partial charge in [-0.15, -0.1) is 0 Å². The molecule has 1 fully saturated rings. The Morgan fingerprint density at radius 2 is 2.30 bits per heavy atom. The predicted molar refractivity (Wildman–Crippen MR) is 74.3 cm³/mol.